The van der Waals surface area contributed by atoms with Crippen molar-refractivity contribution in [2.45, 2.75) is 19.8 Å². The lowest BCUT2D eigenvalue weighted by Gasteiger charge is -2.09. The molecule has 0 unspecified atom stereocenters. The summed E-state index contributed by atoms with van der Waals surface area (Å²) < 4.78 is 0.953. The second-order valence-corrected chi connectivity index (χ2v) is 3.84. The van der Waals surface area contributed by atoms with E-state index in [1.54, 1.807) is 0 Å². The molecule has 1 aromatic carbocycles. The Morgan fingerprint density at radius 3 is 2.92 bits per heavy atom. The fourth-order valence-electron chi connectivity index (χ4n) is 1.09. The quantitative estimate of drug-likeness (QED) is 0.629. The third kappa shape index (κ3) is 2.92. The highest BCUT2D eigenvalue weighted by molar-refractivity contribution is 9.10. The molecule has 0 aliphatic rings. The van der Waals surface area contributed by atoms with E-state index in [2.05, 4.69) is 28.2 Å². The van der Waals surface area contributed by atoms with Gasteiger partial charge in [0.2, 0.25) is 0 Å². The standard InChI is InChI=1S/C10H15BrN2/c1-2-3-7-13-9-6-4-5-8(11)10(9)12/h4-6,13H,2-3,7,12H2,1H3. The van der Waals surface area contributed by atoms with Crippen molar-refractivity contribution in [1.82, 2.24) is 0 Å². The van der Waals surface area contributed by atoms with Crippen LogP contribution in [0.25, 0.3) is 0 Å². The van der Waals surface area contributed by atoms with Crippen LogP contribution in [0.5, 0.6) is 0 Å². The van der Waals surface area contributed by atoms with Gasteiger partial charge in [-0.3, -0.25) is 0 Å². The van der Waals surface area contributed by atoms with E-state index < -0.39 is 0 Å². The first-order valence-electron chi connectivity index (χ1n) is 4.53. The van der Waals surface area contributed by atoms with Gasteiger partial charge < -0.3 is 11.1 Å². The fraction of sp³-hybridized carbons (Fsp3) is 0.400. The van der Waals surface area contributed by atoms with E-state index in [9.17, 15) is 0 Å². The fourth-order valence-corrected chi connectivity index (χ4v) is 1.46. The van der Waals surface area contributed by atoms with Gasteiger partial charge in [-0.05, 0) is 34.5 Å². The van der Waals surface area contributed by atoms with Gasteiger partial charge in [0.1, 0.15) is 0 Å². The van der Waals surface area contributed by atoms with Crippen LogP contribution in [0.15, 0.2) is 22.7 Å². The maximum Gasteiger partial charge on any atom is 0.0694 e. The van der Waals surface area contributed by atoms with E-state index in [4.69, 9.17) is 5.73 Å². The smallest absolute Gasteiger partial charge is 0.0694 e. The minimum Gasteiger partial charge on any atom is -0.396 e. The Morgan fingerprint density at radius 2 is 2.23 bits per heavy atom. The minimum atomic E-state index is 0.790. The zero-order valence-corrected chi connectivity index (χ0v) is 9.39. The zero-order chi connectivity index (χ0) is 9.68. The molecule has 0 aliphatic heterocycles. The van der Waals surface area contributed by atoms with Gasteiger partial charge in [0, 0.05) is 11.0 Å². The largest absolute Gasteiger partial charge is 0.396 e. The Labute approximate surface area is 87.6 Å². The number of anilines is 2. The van der Waals surface area contributed by atoms with Crippen molar-refractivity contribution in [3.63, 3.8) is 0 Å². The molecule has 0 amide bonds. The van der Waals surface area contributed by atoms with Crippen LogP contribution >= 0.6 is 15.9 Å². The highest BCUT2D eigenvalue weighted by Gasteiger charge is 2.00. The molecule has 0 spiro atoms. The molecule has 0 saturated heterocycles. The summed E-state index contributed by atoms with van der Waals surface area (Å²) in [6, 6.07) is 5.92. The molecule has 0 atom stereocenters. The van der Waals surface area contributed by atoms with E-state index in [1.165, 1.54) is 12.8 Å². The van der Waals surface area contributed by atoms with Crippen LogP contribution in [0.1, 0.15) is 19.8 Å². The van der Waals surface area contributed by atoms with Crippen LogP contribution in [0.4, 0.5) is 11.4 Å². The van der Waals surface area contributed by atoms with Gasteiger partial charge in [0.25, 0.3) is 0 Å². The first kappa shape index (κ1) is 10.4. The van der Waals surface area contributed by atoms with Crippen molar-refractivity contribution >= 4 is 27.3 Å². The summed E-state index contributed by atoms with van der Waals surface area (Å²) >= 11 is 3.39. The number of nitrogens with one attached hydrogen (secondary N) is 1. The summed E-state index contributed by atoms with van der Waals surface area (Å²) in [4.78, 5) is 0. The predicted octanol–water partition coefficient (Wildman–Crippen LogP) is 3.24. The summed E-state index contributed by atoms with van der Waals surface area (Å²) in [6.07, 6.45) is 2.37. The topological polar surface area (TPSA) is 38.0 Å². The number of para-hydroxylation sites is 1. The van der Waals surface area contributed by atoms with Gasteiger partial charge in [-0.1, -0.05) is 19.4 Å². The van der Waals surface area contributed by atoms with Gasteiger partial charge in [0.05, 0.1) is 11.4 Å². The van der Waals surface area contributed by atoms with Gasteiger partial charge in [-0.15, -0.1) is 0 Å². The van der Waals surface area contributed by atoms with Gasteiger partial charge in [-0.25, -0.2) is 0 Å². The number of hydrogen-bond donors (Lipinski definition) is 2. The molecular weight excluding hydrogens is 228 g/mol. The highest BCUT2D eigenvalue weighted by Crippen LogP contribution is 2.26. The first-order chi connectivity index (χ1) is 6.25. The van der Waals surface area contributed by atoms with E-state index in [1.807, 2.05) is 18.2 Å². The molecule has 0 saturated carbocycles. The summed E-state index contributed by atoms with van der Waals surface area (Å²) in [5, 5.41) is 3.30. The van der Waals surface area contributed by atoms with Crippen molar-refractivity contribution in [1.29, 1.82) is 0 Å². The van der Waals surface area contributed by atoms with Crippen molar-refractivity contribution in [3.05, 3.63) is 22.7 Å². The number of nitrogen functional groups attached to an aromatic ring is 1. The molecule has 0 bridgehead atoms. The van der Waals surface area contributed by atoms with Crippen LogP contribution in [0, 0.1) is 0 Å². The molecule has 1 aromatic rings. The van der Waals surface area contributed by atoms with Crippen LogP contribution in [0.2, 0.25) is 0 Å². The monoisotopic (exact) mass is 242 g/mol. The van der Waals surface area contributed by atoms with Crippen molar-refractivity contribution < 1.29 is 0 Å². The van der Waals surface area contributed by atoms with E-state index in [-0.39, 0.29) is 0 Å². The summed E-state index contributed by atoms with van der Waals surface area (Å²) in [7, 11) is 0. The molecule has 0 radical (unpaired) electrons. The number of unbranched alkanes of at least 4 members (excludes halogenated alkanes) is 1. The third-order valence-electron chi connectivity index (χ3n) is 1.90. The Bertz CT molecular complexity index is 274. The maximum atomic E-state index is 5.86. The summed E-state index contributed by atoms with van der Waals surface area (Å²) in [6.45, 7) is 3.16. The summed E-state index contributed by atoms with van der Waals surface area (Å²) in [5.41, 5.74) is 7.66. The second-order valence-electron chi connectivity index (χ2n) is 2.98. The van der Waals surface area contributed by atoms with Gasteiger partial charge in [-0.2, -0.15) is 0 Å². The average molecular weight is 243 g/mol. The summed E-state index contributed by atoms with van der Waals surface area (Å²) in [5.74, 6) is 0. The van der Waals surface area contributed by atoms with Crippen LogP contribution in [0.3, 0.4) is 0 Å². The number of hydrogen-bond acceptors (Lipinski definition) is 2. The second kappa shape index (κ2) is 5.12. The Hall–Kier alpha value is -0.700. The predicted molar refractivity (Wildman–Crippen MR) is 62.0 cm³/mol. The molecule has 2 nitrogen and oxygen atoms in total. The lowest BCUT2D eigenvalue weighted by Crippen LogP contribution is -2.03. The number of halogens is 1. The van der Waals surface area contributed by atoms with Crippen LogP contribution < -0.4 is 11.1 Å². The molecule has 13 heavy (non-hydrogen) atoms. The molecular formula is C10H15BrN2. The Balaban J connectivity index is 2.61. The molecule has 1 rings (SSSR count). The molecule has 72 valence electrons. The molecule has 0 fully saturated rings. The van der Waals surface area contributed by atoms with Gasteiger partial charge >= 0.3 is 0 Å². The highest BCUT2D eigenvalue weighted by atomic mass is 79.9. The lowest BCUT2D eigenvalue weighted by atomic mass is 10.2. The van der Waals surface area contributed by atoms with Crippen molar-refractivity contribution in [2.75, 3.05) is 17.6 Å². The molecule has 0 aromatic heterocycles. The third-order valence-corrected chi connectivity index (χ3v) is 2.59. The van der Waals surface area contributed by atoms with Gasteiger partial charge in [0.15, 0.2) is 0 Å². The minimum absolute atomic E-state index is 0.790. The van der Waals surface area contributed by atoms with Crippen molar-refractivity contribution in [3.8, 4) is 0 Å². The van der Waals surface area contributed by atoms with Crippen LogP contribution in [-0.2, 0) is 0 Å². The maximum absolute atomic E-state index is 5.86. The molecule has 3 heteroatoms. The van der Waals surface area contributed by atoms with E-state index in [0.29, 0.717) is 0 Å². The van der Waals surface area contributed by atoms with Crippen LogP contribution in [-0.4, -0.2) is 6.54 Å². The number of benzene rings is 1. The molecule has 0 aliphatic carbocycles. The van der Waals surface area contributed by atoms with E-state index in [0.717, 1.165) is 22.4 Å². The molecule has 3 N–H and O–H groups in total. The van der Waals surface area contributed by atoms with Crippen molar-refractivity contribution in [2.24, 2.45) is 0 Å². The van der Waals surface area contributed by atoms with E-state index >= 15 is 0 Å². The number of rotatable bonds is 4. The zero-order valence-electron chi connectivity index (χ0n) is 7.81. The lowest BCUT2D eigenvalue weighted by molar-refractivity contribution is 0.834. The normalized spacial score (nSPS) is 10.0. The Kier molecular flexibility index (Phi) is 4.09. The molecule has 0 heterocycles. The average Bonchev–Trinajstić information content (AvgIpc) is 2.13. The number of nitrogens with two attached hydrogens (primary N) is 1. The first-order valence-corrected chi connectivity index (χ1v) is 5.33. The SMILES string of the molecule is CCCCNc1cccc(Br)c1N. The Morgan fingerprint density at radius 1 is 1.46 bits per heavy atom.